The normalized spacial score (nSPS) is 27.2. The molecule has 0 aromatic heterocycles. The Morgan fingerprint density at radius 1 is 1.05 bits per heavy atom. The van der Waals surface area contributed by atoms with Gasteiger partial charge in [0.1, 0.15) is 5.60 Å². The molecule has 7 heteroatoms. The fraction of sp³-hybridized carbons (Fsp3) is 0.929. The van der Waals surface area contributed by atoms with E-state index in [-0.39, 0.29) is 17.3 Å². The molecular weight excluding hydrogens is 292 g/mol. The number of rotatable bonds is 4. The number of nitrogens with one attached hydrogen (secondary N) is 2. The SMILES string of the molecule is CC(C)(C)OC(=O)N[C@@H]1CCCC[C@H]1NS(=O)(=O)C1CC1. The molecule has 0 heterocycles. The van der Waals surface area contributed by atoms with Gasteiger partial charge in [0.2, 0.25) is 10.0 Å². The summed E-state index contributed by atoms with van der Waals surface area (Å²) in [6.45, 7) is 5.42. The van der Waals surface area contributed by atoms with Gasteiger partial charge in [-0.05, 0) is 46.5 Å². The molecule has 122 valence electrons. The Hall–Kier alpha value is -0.820. The average Bonchev–Trinajstić information content (AvgIpc) is 3.12. The van der Waals surface area contributed by atoms with Crippen molar-refractivity contribution in [2.24, 2.45) is 0 Å². The van der Waals surface area contributed by atoms with Crippen LogP contribution in [0.15, 0.2) is 0 Å². The molecule has 2 saturated carbocycles. The van der Waals surface area contributed by atoms with Gasteiger partial charge in [-0.1, -0.05) is 12.8 Å². The summed E-state index contributed by atoms with van der Waals surface area (Å²) in [5.74, 6) is 0. The Balaban J connectivity index is 1.94. The summed E-state index contributed by atoms with van der Waals surface area (Å²) in [4.78, 5) is 11.9. The second-order valence-electron chi connectivity index (χ2n) is 7.01. The van der Waals surface area contributed by atoms with Gasteiger partial charge < -0.3 is 10.1 Å². The summed E-state index contributed by atoms with van der Waals surface area (Å²) in [5.41, 5.74) is -0.554. The van der Waals surface area contributed by atoms with E-state index in [0.717, 1.165) is 38.5 Å². The summed E-state index contributed by atoms with van der Waals surface area (Å²) in [6.07, 6.45) is 4.50. The second-order valence-corrected chi connectivity index (χ2v) is 9.00. The summed E-state index contributed by atoms with van der Waals surface area (Å²) in [6, 6.07) is -0.418. The Labute approximate surface area is 127 Å². The zero-order valence-electron chi connectivity index (χ0n) is 13.0. The fourth-order valence-electron chi connectivity index (χ4n) is 2.59. The molecule has 21 heavy (non-hydrogen) atoms. The number of carbonyl (C=O) groups is 1. The third-order valence-corrected chi connectivity index (χ3v) is 5.73. The highest BCUT2D eigenvalue weighted by Crippen LogP contribution is 2.29. The van der Waals surface area contributed by atoms with E-state index in [2.05, 4.69) is 10.0 Å². The number of alkyl carbamates (subject to hydrolysis) is 1. The molecule has 0 radical (unpaired) electrons. The molecule has 0 aromatic carbocycles. The molecule has 6 nitrogen and oxygen atoms in total. The van der Waals surface area contributed by atoms with E-state index in [1.54, 1.807) is 20.8 Å². The van der Waals surface area contributed by atoms with Crippen LogP contribution >= 0.6 is 0 Å². The Morgan fingerprint density at radius 2 is 1.62 bits per heavy atom. The Kier molecular flexibility index (Phi) is 4.82. The van der Waals surface area contributed by atoms with Crippen LogP contribution in [0.25, 0.3) is 0 Å². The second kappa shape index (κ2) is 6.12. The third kappa shape index (κ3) is 5.14. The molecule has 2 N–H and O–H groups in total. The van der Waals surface area contributed by atoms with Crippen molar-refractivity contribution in [2.45, 2.75) is 82.2 Å². The van der Waals surface area contributed by atoms with E-state index < -0.39 is 21.7 Å². The van der Waals surface area contributed by atoms with Gasteiger partial charge in [0, 0.05) is 12.1 Å². The van der Waals surface area contributed by atoms with E-state index in [1.807, 2.05) is 0 Å². The minimum absolute atomic E-state index is 0.192. The number of amides is 1. The molecule has 0 saturated heterocycles. The summed E-state index contributed by atoms with van der Waals surface area (Å²) in [7, 11) is -3.23. The van der Waals surface area contributed by atoms with Gasteiger partial charge in [0.25, 0.3) is 0 Å². The van der Waals surface area contributed by atoms with Crippen LogP contribution in [-0.4, -0.2) is 37.4 Å². The third-order valence-electron chi connectivity index (χ3n) is 3.75. The molecule has 2 aliphatic carbocycles. The molecule has 2 fully saturated rings. The average molecular weight is 318 g/mol. The van der Waals surface area contributed by atoms with Crippen LogP contribution < -0.4 is 10.0 Å². The lowest BCUT2D eigenvalue weighted by molar-refractivity contribution is 0.0483. The van der Waals surface area contributed by atoms with Crippen LogP contribution in [0, 0.1) is 0 Å². The van der Waals surface area contributed by atoms with E-state index in [0.29, 0.717) is 0 Å². The van der Waals surface area contributed by atoms with Crippen LogP contribution in [0.2, 0.25) is 0 Å². The molecule has 2 atom stereocenters. The van der Waals surface area contributed by atoms with Crippen LogP contribution in [0.3, 0.4) is 0 Å². The van der Waals surface area contributed by atoms with Gasteiger partial charge in [-0.15, -0.1) is 0 Å². The first-order chi connectivity index (χ1) is 9.67. The lowest BCUT2D eigenvalue weighted by Gasteiger charge is -2.33. The van der Waals surface area contributed by atoms with Gasteiger partial charge in [0.05, 0.1) is 5.25 Å². The Bertz CT molecular complexity index is 480. The number of hydrogen-bond donors (Lipinski definition) is 2. The maximum atomic E-state index is 12.1. The van der Waals surface area contributed by atoms with Gasteiger partial charge in [0.15, 0.2) is 0 Å². The maximum absolute atomic E-state index is 12.1. The minimum atomic E-state index is -3.23. The smallest absolute Gasteiger partial charge is 0.407 e. The van der Waals surface area contributed by atoms with E-state index in [1.165, 1.54) is 0 Å². The molecule has 0 spiro atoms. The number of hydrogen-bond acceptors (Lipinski definition) is 4. The molecule has 0 aliphatic heterocycles. The van der Waals surface area contributed by atoms with E-state index in [9.17, 15) is 13.2 Å². The van der Waals surface area contributed by atoms with Crippen molar-refractivity contribution >= 4 is 16.1 Å². The summed E-state index contributed by atoms with van der Waals surface area (Å²) in [5, 5.41) is 2.58. The van der Waals surface area contributed by atoms with Gasteiger partial charge in [-0.2, -0.15) is 0 Å². The van der Waals surface area contributed by atoms with Gasteiger partial charge in [-0.25, -0.2) is 17.9 Å². The van der Waals surface area contributed by atoms with Crippen molar-refractivity contribution in [1.29, 1.82) is 0 Å². The topological polar surface area (TPSA) is 84.5 Å². The molecule has 2 aliphatic rings. The minimum Gasteiger partial charge on any atom is -0.444 e. The highest BCUT2D eigenvalue weighted by atomic mass is 32.2. The summed E-state index contributed by atoms with van der Waals surface area (Å²) >= 11 is 0. The number of ether oxygens (including phenoxy) is 1. The maximum Gasteiger partial charge on any atom is 0.407 e. The Morgan fingerprint density at radius 3 is 2.14 bits per heavy atom. The van der Waals surface area contributed by atoms with E-state index >= 15 is 0 Å². The van der Waals surface area contributed by atoms with Gasteiger partial charge in [-0.3, -0.25) is 0 Å². The molecule has 0 bridgehead atoms. The van der Waals surface area contributed by atoms with Crippen LogP contribution in [0.4, 0.5) is 4.79 Å². The van der Waals surface area contributed by atoms with Crippen molar-refractivity contribution in [3.8, 4) is 0 Å². The van der Waals surface area contributed by atoms with Crippen molar-refractivity contribution in [3.05, 3.63) is 0 Å². The van der Waals surface area contributed by atoms with Crippen molar-refractivity contribution in [2.75, 3.05) is 0 Å². The predicted octanol–water partition coefficient (Wildman–Crippen LogP) is 1.90. The quantitative estimate of drug-likeness (QED) is 0.829. The molecule has 1 amide bonds. The van der Waals surface area contributed by atoms with E-state index in [4.69, 9.17) is 4.74 Å². The van der Waals surface area contributed by atoms with Crippen LogP contribution in [0.1, 0.15) is 59.3 Å². The van der Waals surface area contributed by atoms with Crippen LogP contribution in [-0.2, 0) is 14.8 Å². The first-order valence-corrected chi connectivity index (χ1v) is 9.23. The van der Waals surface area contributed by atoms with Crippen molar-refractivity contribution < 1.29 is 17.9 Å². The highest BCUT2D eigenvalue weighted by molar-refractivity contribution is 7.90. The van der Waals surface area contributed by atoms with Crippen LogP contribution in [0.5, 0.6) is 0 Å². The van der Waals surface area contributed by atoms with Crippen molar-refractivity contribution in [1.82, 2.24) is 10.0 Å². The standard InChI is InChI=1S/C14H26N2O4S/c1-14(2,3)20-13(17)15-11-6-4-5-7-12(11)16-21(18,19)10-8-9-10/h10-12,16H,4-9H2,1-3H3,(H,15,17)/t11-,12-/m1/s1. The highest BCUT2D eigenvalue weighted by Gasteiger charge is 2.39. The zero-order chi connectivity index (χ0) is 15.7. The fourth-order valence-corrected chi connectivity index (χ4v) is 4.24. The number of sulfonamides is 1. The molecule has 0 aromatic rings. The first kappa shape index (κ1) is 16.5. The molecule has 0 unspecified atom stereocenters. The lowest BCUT2D eigenvalue weighted by Crippen LogP contribution is -2.54. The monoisotopic (exact) mass is 318 g/mol. The summed E-state index contributed by atoms with van der Waals surface area (Å²) < 4.78 is 32.2. The zero-order valence-corrected chi connectivity index (χ0v) is 13.8. The molecular formula is C14H26N2O4S. The van der Waals surface area contributed by atoms with Gasteiger partial charge >= 0.3 is 6.09 Å². The molecule has 2 rings (SSSR count). The number of carbonyl (C=O) groups excluding carboxylic acids is 1. The predicted molar refractivity (Wildman–Crippen MR) is 80.5 cm³/mol. The largest absolute Gasteiger partial charge is 0.444 e. The lowest BCUT2D eigenvalue weighted by atomic mass is 9.91. The first-order valence-electron chi connectivity index (χ1n) is 7.68. The van der Waals surface area contributed by atoms with Crippen molar-refractivity contribution in [3.63, 3.8) is 0 Å².